The molecule has 0 radical (unpaired) electrons. The summed E-state index contributed by atoms with van der Waals surface area (Å²) < 4.78 is 41.5. The molecule has 2 aromatic rings. The van der Waals surface area contributed by atoms with Crippen LogP contribution in [-0.2, 0) is 22.4 Å². The standard InChI is InChI=1S/C21H20F3N3O3/c22-21(23,24)20(25-17(28)12-11-15-7-3-1-4-8-15)18(29)27(19(30)26-20)14-13-16-9-5-2-6-10-16/h1-10H,11-14H2,(H,25,28)(H,26,30)/t20-/m1/s1. The van der Waals surface area contributed by atoms with Gasteiger partial charge in [0.1, 0.15) is 0 Å². The molecule has 3 rings (SSSR count). The minimum atomic E-state index is -5.20. The molecule has 1 aliphatic heterocycles. The van der Waals surface area contributed by atoms with Gasteiger partial charge in [-0.15, -0.1) is 0 Å². The van der Waals surface area contributed by atoms with E-state index >= 15 is 0 Å². The van der Waals surface area contributed by atoms with Crippen molar-refractivity contribution >= 4 is 17.8 Å². The molecule has 0 bridgehead atoms. The maximum atomic E-state index is 13.8. The predicted octanol–water partition coefficient (Wildman–Crippen LogP) is 2.79. The van der Waals surface area contributed by atoms with Crippen molar-refractivity contribution in [3.8, 4) is 0 Å². The smallest absolute Gasteiger partial charge is 0.318 e. The van der Waals surface area contributed by atoms with Crippen LogP contribution in [0.15, 0.2) is 60.7 Å². The number of benzene rings is 2. The number of amides is 4. The summed E-state index contributed by atoms with van der Waals surface area (Å²) in [6.07, 6.45) is -5.09. The Labute approximate surface area is 171 Å². The first-order valence-electron chi connectivity index (χ1n) is 9.32. The van der Waals surface area contributed by atoms with Crippen molar-refractivity contribution in [1.29, 1.82) is 0 Å². The molecule has 9 heteroatoms. The van der Waals surface area contributed by atoms with Gasteiger partial charge in [0.05, 0.1) is 0 Å². The van der Waals surface area contributed by atoms with Crippen molar-refractivity contribution in [3.63, 3.8) is 0 Å². The molecule has 1 atom stereocenters. The van der Waals surface area contributed by atoms with Crippen molar-refractivity contribution in [2.75, 3.05) is 6.54 Å². The molecule has 4 amide bonds. The Hall–Kier alpha value is -3.36. The van der Waals surface area contributed by atoms with E-state index in [1.54, 1.807) is 71.3 Å². The number of urea groups is 1. The number of carbonyl (C=O) groups excluding carboxylic acids is 3. The quantitative estimate of drug-likeness (QED) is 0.678. The van der Waals surface area contributed by atoms with Gasteiger partial charge >= 0.3 is 12.2 Å². The van der Waals surface area contributed by atoms with E-state index in [4.69, 9.17) is 0 Å². The highest BCUT2D eigenvalue weighted by molar-refractivity contribution is 6.08. The number of nitrogens with one attached hydrogen (secondary N) is 2. The highest BCUT2D eigenvalue weighted by atomic mass is 19.4. The molecule has 158 valence electrons. The number of alkyl halides is 3. The molecular weight excluding hydrogens is 399 g/mol. The second-order valence-corrected chi connectivity index (χ2v) is 6.90. The topological polar surface area (TPSA) is 78.5 Å². The summed E-state index contributed by atoms with van der Waals surface area (Å²) in [7, 11) is 0. The molecule has 2 N–H and O–H groups in total. The largest absolute Gasteiger partial charge is 0.440 e. The van der Waals surface area contributed by atoms with Gasteiger partial charge in [0.2, 0.25) is 5.91 Å². The Balaban J connectivity index is 1.71. The van der Waals surface area contributed by atoms with Crippen LogP contribution in [0.25, 0.3) is 0 Å². The third-order valence-corrected chi connectivity index (χ3v) is 4.81. The minimum Gasteiger partial charge on any atom is -0.318 e. The Kier molecular flexibility index (Phi) is 6.09. The first-order valence-corrected chi connectivity index (χ1v) is 9.32. The Morgan fingerprint density at radius 1 is 0.933 bits per heavy atom. The van der Waals surface area contributed by atoms with Crippen LogP contribution in [0.5, 0.6) is 0 Å². The minimum absolute atomic E-state index is 0.190. The highest BCUT2D eigenvalue weighted by Gasteiger charge is 2.68. The number of halogens is 3. The van der Waals surface area contributed by atoms with Gasteiger partial charge in [-0.05, 0) is 24.0 Å². The summed E-state index contributed by atoms with van der Waals surface area (Å²) in [4.78, 5) is 37.5. The van der Waals surface area contributed by atoms with Crippen molar-refractivity contribution in [2.24, 2.45) is 0 Å². The zero-order valence-corrected chi connectivity index (χ0v) is 15.9. The van der Waals surface area contributed by atoms with Gasteiger partial charge in [0, 0.05) is 13.0 Å². The molecule has 6 nitrogen and oxygen atoms in total. The molecule has 0 saturated carbocycles. The Morgan fingerprint density at radius 2 is 1.47 bits per heavy atom. The molecule has 1 saturated heterocycles. The number of carbonyl (C=O) groups is 3. The van der Waals surface area contributed by atoms with E-state index in [1.165, 1.54) is 0 Å². The molecule has 2 aromatic carbocycles. The van der Waals surface area contributed by atoms with E-state index in [0.29, 0.717) is 4.90 Å². The first-order chi connectivity index (χ1) is 14.2. The molecule has 0 aromatic heterocycles. The average molecular weight is 419 g/mol. The summed E-state index contributed by atoms with van der Waals surface area (Å²) in [6, 6.07) is 16.3. The average Bonchev–Trinajstić information content (AvgIpc) is 2.96. The van der Waals surface area contributed by atoms with Gasteiger partial charge in [0.15, 0.2) is 0 Å². The van der Waals surface area contributed by atoms with E-state index in [9.17, 15) is 27.6 Å². The lowest BCUT2D eigenvalue weighted by molar-refractivity contribution is -0.204. The Morgan fingerprint density at radius 3 is 2.00 bits per heavy atom. The fraction of sp³-hybridized carbons (Fsp3) is 0.286. The normalized spacial score (nSPS) is 19.0. The van der Waals surface area contributed by atoms with Crippen molar-refractivity contribution < 1.29 is 27.6 Å². The molecule has 1 heterocycles. The first kappa shape index (κ1) is 21.4. The van der Waals surface area contributed by atoms with Gasteiger partial charge < -0.3 is 5.32 Å². The monoisotopic (exact) mass is 419 g/mol. The van der Waals surface area contributed by atoms with E-state index in [1.807, 2.05) is 0 Å². The molecule has 1 fully saturated rings. The summed E-state index contributed by atoms with van der Waals surface area (Å²) in [5.41, 5.74) is -1.94. The second-order valence-electron chi connectivity index (χ2n) is 6.90. The van der Waals surface area contributed by atoms with Crippen molar-refractivity contribution in [2.45, 2.75) is 31.1 Å². The third kappa shape index (κ3) is 4.45. The lowest BCUT2D eigenvalue weighted by Crippen LogP contribution is -2.69. The third-order valence-electron chi connectivity index (χ3n) is 4.81. The van der Waals surface area contributed by atoms with E-state index < -0.39 is 29.7 Å². The van der Waals surface area contributed by atoms with E-state index in [0.717, 1.165) is 11.1 Å². The van der Waals surface area contributed by atoms with Crippen LogP contribution in [0, 0.1) is 0 Å². The molecule has 0 unspecified atom stereocenters. The zero-order valence-electron chi connectivity index (χ0n) is 15.9. The van der Waals surface area contributed by atoms with Gasteiger partial charge in [0.25, 0.3) is 11.6 Å². The highest BCUT2D eigenvalue weighted by Crippen LogP contribution is 2.34. The number of hydrogen-bond donors (Lipinski definition) is 2. The molecule has 0 aliphatic carbocycles. The van der Waals surface area contributed by atoms with Gasteiger partial charge in [-0.2, -0.15) is 13.2 Å². The fourth-order valence-electron chi connectivity index (χ4n) is 3.19. The number of nitrogens with zero attached hydrogens (tertiary/aromatic N) is 1. The van der Waals surface area contributed by atoms with Crippen molar-refractivity contribution in [1.82, 2.24) is 15.5 Å². The molecule has 1 aliphatic rings. The number of rotatable bonds is 7. The summed E-state index contributed by atoms with van der Waals surface area (Å²) in [5.74, 6) is -2.53. The summed E-state index contributed by atoms with van der Waals surface area (Å²) >= 11 is 0. The van der Waals surface area contributed by atoms with Gasteiger partial charge in [-0.3, -0.25) is 19.8 Å². The molecule has 30 heavy (non-hydrogen) atoms. The number of imide groups is 1. The van der Waals surface area contributed by atoms with E-state index in [2.05, 4.69) is 0 Å². The van der Waals surface area contributed by atoms with Crippen LogP contribution in [0.2, 0.25) is 0 Å². The van der Waals surface area contributed by atoms with Crippen LogP contribution in [0.4, 0.5) is 18.0 Å². The lowest BCUT2D eigenvalue weighted by atomic mass is 10.1. The SMILES string of the molecule is O=C(CCc1ccccc1)N[C@@]1(C(F)(F)F)NC(=O)N(CCc2ccccc2)C1=O. The van der Waals surface area contributed by atoms with Crippen LogP contribution < -0.4 is 10.6 Å². The van der Waals surface area contributed by atoms with Gasteiger partial charge in [-0.1, -0.05) is 60.7 Å². The van der Waals surface area contributed by atoms with Crippen LogP contribution in [0.3, 0.4) is 0 Å². The van der Waals surface area contributed by atoms with Gasteiger partial charge in [-0.25, -0.2) is 4.79 Å². The zero-order chi connectivity index (χ0) is 21.8. The maximum absolute atomic E-state index is 13.8. The number of aryl methyl sites for hydroxylation is 1. The number of hydrogen-bond acceptors (Lipinski definition) is 3. The Bertz CT molecular complexity index is 919. The molecule has 0 spiro atoms. The molecular formula is C21H20F3N3O3. The fourth-order valence-corrected chi connectivity index (χ4v) is 3.19. The van der Waals surface area contributed by atoms with E-state index in [-0.39, 0.29) is 25.8 Å². The summed E-state index contributed by atoms with van der Waals surface area (Å²) in [6.45, 7) is -0.244. The van der Waals surface area contributed by atoms with Crippen LogP contribution >= 0.6 is 0 Å². The van der Waals surface area contributed by atoms with Crippen LogP contribution in [-0.4, -0.2) is 41.1 Å². The summed E-state index contributed by atoms with van der Waals surface area (Å²) in [5, 5.41) is 3.38. The van der Waals surface area contributed by atoms with Crippen molar-refractivity contribution in [3.05, 3.63) is 71.8 Å². The maximum Gasteiger partial charge on any atom is 0.440 e. The van der Waals surface area contributed by atoms with Crippen LogP contribution in [0.1, 0.15) is 17.5 Å². The lowest BCUT2D eigenvalue weighted by Gasteiger charge is -2.30. The second kappa shape index (κ2) is 8.56. The predicted molar refractivity (Wildman–Crippen MR) is 102 cm³/mol.